The summed E-state index contributed by atoms with van der Waals surface area (Å²) in [6, 6.07) is 0. The SMILES string of the molecule is COC(=O)CC[C@@H](C)[C@H]1CC[C@H]2[C@@H]3C(=O)C[C@@H]4C[C@H](O)CC[C@]4(C)[C@H]3CC[C@]12C.COC(=O)CC[C@@H](C)[C@H]1CC[C@H]2[C@@H]3C(O[Si](C)(C)C)=C[C@@H]4C[C@H](C)CC[C@]4(C)[C@H]3CC[C@]12C. The largest absolute Gasteiger partial charge is 0.547 e. The molecule has 18 atom stereocenters. The fourth-order valence-corrected chi connectivity index (χ4v) is 18.4. The minimum Gasteiger partial charge on any atom is -0.547 e. The Balaban J connectivity index is 0.000000188. The van der Waals surface area contributed by atoms with Gasteiger partial charge in [-0.2, -0.15) is 0 Å². The van der Waals surface area contributed by atoms with Crippen molar-refractivity contribution in [3.8, 4) is 0 Å². The Morgan fingerprint density at radius 2 is 1.18 bits per heavy atom. The monoisotopic (exact) mass is 879 g/mol. The van der Waals surface area contributed by atoms with E-state index in [2.05, 4.69) is 74.2 Å². The lowest BCUT2D eigenvalue weighted by molar-refractivity contribution is -0.160. The third-order valence-corrected chi connectivity index (χ3v) is 21.8. The van der Waals surface area contributed by atoms with Crippen LogP contribution in [-0.4, -0.2) is 51.5 Å². The molecule has 0 amide bonds. The summed E-state index contributed by atoms with van der Waals surface area (Å²) in [5, 5.41) is 10.2. The van der Waals surface area contributed by atoms with Gasteiger partial charge in [0.25, 0.3) is 0 Å². The zero-order chi connectivity index (χ0) is 45.2. The summed E-state index contributed by atoms with van der Waals surface area (Å²) in [5.41, 5.74) is 1.26. The van der Waals surface area contributed by atoms with Crippen molar-refractivity contribution in [2.45, 2.75) is 196 Å². The molecule has 7 nitrogen and oxygen atoms in total. The maximum absolute atomic E-state index is 13.4. The van der Waals surface area contributed by atoms with Gasteiger partial charge >= 0.3 is 11.9 Å². The first-order valence-corrected chi connectivity index (χ1v) is 29.3. The van der Waals surface area contributed by atoms with Gasteiger partial charge in [-0.1, -0.05) is 54.9 Å². The van der Waals surface area contributed by atoms with E-state index >= 15 is 0 Å². The van der Waals surface area contributed by atoms with Crippen molar-refractivity contribution >= 4 is 26.0 Å². The third kappa shape index (κ3) is 8.83. The second-order valence-corrected chi connectivity index (χ2v) is 29.6. The minimum atomic E-state index is -1.68. The van der Waals surface area contributed by atoms with Crippen molar-refractivity contribution in [3.05, 3.63) is 11.8 Å². The molecule has 0 spiro atoms. The van der Waals surface area contributed by atoms with Gasteiger partial charge in [0, 0.05) is 31.1 Å². The molecule has 0 unspecified atom stereocenters. The highest BCUT2D eigenvalue weighted by Gasteiger charge is 2.64. The Kier molecular flexibility index (Phi) is 14.2. The Morgan fingerprint density at radius 3 is 1.71 bits per heavy atom. The summed E-state index contributed by atoms with van der Waals surface area (Å²) in [6.45, 7) is 24.3. The number of carbonyl (C=O) groups excluding carboxylic acids is 3. The molecule has 8 aliphatic carbocycles. The molecule has 7 fully saturated rings. The third-order valence-electron chi connectivity index (χ3n) is 20.9. The van der Waals surface area contributed by atoms with Crippen molar-refractivity contribution in [1.29, 1.82) is 0 Å². The van der Waals surface area contributed by atoms with E-state index in [4.69, 9.17) is 13.9 Å². The lowest BCUT2D eigenvalue weighted by Crippen LogP contribution is -2.57. The number of ether oxygens (including phenoxy) is 2. The van der Waals surface area contributed by atoms with E-state index in [1.165, 1.54) is 84.2 Å². The molecule has 8 rings (SSSR count). The van der Waals surface area contributed by atoms with Crippen LogP contribution in [0.25, 0.3) is 0 Å². The zero-order valence-electron chi connectivity index (χ0n) is 41.5. The lowest BCUT2D eigenvalue weighted by Gasteiger charge is -2.60. The Bertz CT molecular complexity index is 1670. The molecule has 8 heteroatoms. The molecule has 0 aromatic carbocycles. The van der Waals surface area contributed by atoms with Crippen LogP contribution in [0.2, 0.25) is 19.6 Å². The summed E-state index contributed by atoms with van der Waals surface area (Å²) in [6.07, 6.45) is 23.0. The first kappa shape index (κ1) is 48.3. The molecular formula is C54H90O7Si. The van der Waals surface area contributed by atoms with E-state index in [1.54, 1.807) is 0 Å². The van der Waals surface area contributed by atoms with E-state index in [1.807, 2.05) is 0 Å². The van der Waals surface area contributed by atoms with Gasteiger partial charge in [0.15, 0.2) is 0 Å². The van der Waals surface area contributed by atoms with Crippen LogP contribution < -0.4 is 0 Å². The normalized spacial score (nSPS) is 45.5. The number of hydrogen-bond acceptors (Lipinski definition) is 7. The van der Waals surface area contributed by atoms with Gasteiger partial charge in [0.05, 0.1) is 26.1 Å². The van der Waals surface area contributed by atoms with Gasteiger partial charge < -0.3 is 19.0 Å². The van der Waals surface area contributed by atoms with E-state index in [9.17, 15) is 19.5 Å². The van der Waals surface area contributed by atoms with Crippen LogP contribution in [0.1, 0.15) is 170 Å². The summed E-state index contributed by atoms with van der Waals surface area (Å²) in [4.78, 5) is 36.8. The van der Waals surface area contributed by atoms with E-state index in [0.717, 1.165) is 56.3 Å². The van der Waals surface area contributed by atoms with Crippen LogP contribution in [0.4, 0.5) is 0 Å². The predicted octanol–water partition coefficient (Wildman–Crippen LogP) is 12.6. The molecule has 7 saturated carbocycles. The number of esters is 2. The number of aliphatic hydroxyl groups is 1. The van der Waals surface area contributed by atoms with Crippen molar-refractivity contribution in [2.24, 2.45) is 98.6 Å². The molecular weight excluding hydrogens is 789 g/mol. The van der Waals surface area contributed by atoms with E-state index in [0.29, 0.717) is 89.1 Å². The Labute approximate surface area is 378 Å². The first-order chi connectivity index (χ1) is 29.1. The average Bonchev–Trinajstić information content (AvgIpc) is 3.76. The van der Waals surface area contributed by atoms with Gasteiger partial charge in [-0.3, -0.25) is 14.4 Å². The maximum atomic E-state index is 13.4. The van der Waals surface area contributed by atoms with Crippen molar-refractivity contribution < 1.29 is 33.4 Å². The molecule has 0 aliphatic heterocycles. The fraction of sp³-hybridized carbons (Fsp3) is 0.907. The zero-order valence-corrected chi connectivity index (χ0v) is 42.5. The molecule has 0 saturated heterocycles. The molecule has 1 N–H and O–H groups in total. The highest BCUT2D eigenvalue weighted by molar-refractivity contribution is 6.70. The number of carbonyl (C=O) groups is 3. The standard InChI is InChI=1S/C29H50O3Si.C25H40O4/c1-19-13-15-28(3)21(17-19)18-25(32-33(6,7)8)27-23-11-10-22(20(2)9-12-26(30)31-5)29(23,4)16-14-24(27)28;1-15(5-8-22(28)29-4)18-6-7-19-23-20(10-12-25(18,19)3)24(2)11-9-17(26)13-16(24)14-21(23)27/h18-24,27H,9-17H2,1-8H3;15-20,23,26H,5-14H2,1-4H3/t19-,20-,21+,22-,23+,24+,27+,28+,29-;15-,16+,17-,18-,19+,20+,23+,24+,25-/m11/s1. The molecule has 0 radical (unpaired) electrons. The number of Topliss-reactive ketones (excluding diaryl/α,β-unsaturated/α-hetero) is 1. The molecule has 352 valence electrons. The number of fused-ring (bicyclic) bond motifs is 10. The van der Waals surface area contributed by atoms with Crippen molar-refractivity contribution in [3.63, 3.8) is 0 Å². The molecule has 8 aliphatic rings. The Morgan fingerprint density at radius 1 is 0.694 bits per heavy atom. The minimum absolute atomic E-state index is 0.0585. The van der Waals surface area contributed by atoms with Crippen LogP contribution >= 0.6 is 0 Å². The Hall–Kier alpha value is -1.67. The van der Waals surface area contributed by atoms with Crippen LogP contribution in [-0.2, 0) is 28.3 Å². The number of hydrogen-bond donors (Lipinski definition) is 1. The quantitative estimate of drug-likeness (QED) is 0.172. The van der Waals surface area contributed by atoms with Gasteiger partial charge in [0.1, 0.15) is 5.78 Å². The highest BCUT2D eigenvalue weighted by atomic mass is 28.4. The fourth-order valence-electron chi connectivity index (χ4n) is 17.5. The maximum Gasteiger partial charge on any atom is 0.305 e. The summed E-state index contributed by atoms with van der Waals surface area (Å²) < 4.78 is 16.7. The lowest BCUT2D eigenvalue weighted by atomic mass is 9.44. The topological polar surface area (TPSA) is 99.1 Å². The molecule has 0 aromatic heterocycles. The highest BCUT2D eigenvalue weighted by Crippen LogP contribution is 2.70. The second-order valence-electron chi connectivity index (χ2n) is 25.2. The molecule has 0 bridgehead atoms. The average molecular weight is 879 g/mol. The molecule has 0 heterocycles. The first-order valence-electron chi connectivity index (χ1n) is 25.8. The van der Waals surface area contributed by atoms with Crippen LogP contribution in [0, 0.1) is 98.6 Å². The number of allylic oxidation sites excluding steroid dienone is 2. The van der Waals surface area contributed by atoms with Gasteiger partial charge in [0.2, 0.25) is 8.32 Å². The predicted molar refractivity (Wildman–Crippen MR) is 250 cm³/mol. The van der Waals surface area contributed by atoms with E-state index in [-0.39, 0.29) is 34.8 Å². The van der Waals surface area contributed by atoms with Crippen LogP contribution in [0.15, 0.2) is 11.8 Å². The summed E-state index contributed by atoms with van der Waals surface area (Å²) >= 11 is 0. The van der Waals surface area contributed by atoms with Crippen molar-refractivity contribution in [2.75, 3.05) is 14.2 Å². The number of aliphatic hydroxyl groups excluding tert-OH is 1. The van der Waals surface area contributed by atoms with Crippen LogP contribution in [0.5, 0.6) is 0 Å². The molecule has 0 aromatic rings. The number of methoxy groups -OCH3 is 2. The summed E-state index contributed by atoms with van der Waals surface area (Å²) in [7, 11) is 1.30. The molecule has 62 heavy (non-hydrogen) atoms. The summed E-state index contributed by atoms with van der Waals surface area (Å²) in [5.74, 6) is 9.32. The van der Waals surface area contributed by atoms with Crippen molar-refractivity contribution in [1.82, 2.24) is 0 Å². The number of ketones is 1. The van der Waals surface area contributed by atoms with Gasteiger partial charge in [-0.15, -0.1) is 0 Å². The number of rotatable bonds is 10. The van der Waals surface area contributed by atoms with Crippen LogP contribution in [0.3, 0.4) is 0 Å². The second kappa shape index (κ2) is 18.2. The van der Waals surface area contributed by atoms with Gasteiger partial charge in [-0.25, -0.2) is 0 Å². The smallest absolute Gasteiger partial charge is 0.305 e. The van der Waals surface area contributed by atoms with Gasteiger partial charge in [-0.05, 0) is 209 Å². The van der Waals surface area contributed by atoms with E-state index < -0.39 is 8.32 Å².